The van der Waals surface area contributed by atoms with Crippen LogP contribution < -0.4 is 16.5 Å². The number of esters is 1. The smallest absolute Gasteiger partial charge is 0.408 e. The fourth-order valence-electron chi connectivity index (χ4n) is 1.01. The average Bonchev–Trinajstić information content (AvgIpc) is 2.34. The summed E-state index contributed by atoms with van der Waals surface area (Å²) in [5, 5.41) is 5.77. The van der Waals surface area contributed by atoms with Crippen LogP contribution in [0.15, 0.2) is 5.10 Å². The number of nitrogens with one attached hydrogen (secondary N) is 2. The number of rotatable bonds is 6. The lowest BCUT2D eigenvalue weighted by atomic mass is 10.2. The summed E-state index contributed by atoms with van der Waals surface area (Å²) in [5.41, 5.74) is 6.97. The van der Waals surface area contributed by atoms with Crippen molar-refractivity contribution in [3.05, 3.63) is 0 Å². The second-order valence-corrected chi connectivity index (χ2v) is 4.95. The van der Waals surface area contributed by atoms with E-state index in [0.29, 0.717) is 0 Å². The summed E-state index contributed by atoms with van der Waals surface area (Å²) < 4.78 is 9.55. The van der Waals surface area contributed by atoms with E-state index in [0.717, 1.165) is 0 Å². The first kappa shape index (κ1) is 18.7. The summed E-state index contributed by atoms with van der Waals surface area (Å²) in [6, 6.07) is 0. The Balaban J connectivity index is 3.99. The molecular weight excluding hydrogens is 280 g/mol. The highest BCUT2D eigenvalue weighted by molar-refractivity contribution is 6.34. The Morgan fingerprint density at radius 2 is 1.81 bits per heavy atom. The fourth-order valence-corrected chi connectivity index (χ4v) is 1.01. The molecule has 0 aromatic carbocycles. The van der Waals surface area contributed by atoms with Crippen molar-refractivity contribution in [1.29, 1.82) is 0 Å². The molecule has 0 heterocycles. The van der Waals surface area contributed by atoms with Gasteiger partial charge >= 0.3 is 12.1 Å². The molecule has 0 radical (unpaired) electrons. The number of ether oxygens (including phenoxy) is 2. The molecule has 9 heteroatoms. The van der Waals surface area contributed by atoms with Gasteiger partial charge in [0, 0.05) is 0 Å². The Kier molecular flexibility index (Phi) is 7.80. The number of Topliss-reactive ketones (excluding diaryl/α,β-unsaturated/α-hetero) is 1. The third-order valence-corrected chi connectivity index (χ3v) is 1.79. The summed E-state index contributed by atoms with van der Waals surface area (Å²) in [7, 11) is 0. The molecule has 0 saturated heterocycles. The van der Waals surface area contributed by atoms with E-state index in [4.69, 9.17) is 10.5 Å². The zero-order valence-corrected chi connectivity index (χ0v) is 12.7. The number of carbonyl (C=O) groups is 3. The summed E-state index contributed by atoms with van der Waals surface area (Å²) >= 11 is 0. The van der Waals surface area contributed by atoms with Crippen LogP contribution in [0.5, 0.6) is 0 Å². The Bertz CT molecular complexity index is 414. The minimum absolute atomic E-state index is 0.174. The van der Waals surface area contributed by atoms with Crippen LogP contribution >= 0.6 is 0 Å². The molecule has 21 heavy (non-hydrogen) atoms. The maximum absolute atomic E-state index is 11.4. The SMILES string of the molecule is CCOC(=O)C(N)=NNCC(=O)CNC(=O)OC(C)(C)C. The van der Waals surface area contributed by atoms with E-state index in [1.807, 2.05) is 0 Å². The standard InChI is InChI=1S/C12H22N4O5/c1-5-20-10(18)9(13)16-15-7-8(17)6-14-11(19)21-12(2,3)4/h15H,5-7H2,1-4H3,(H2,13,16)(H,14,19). The number of amidine groups is 1. The molecule has 0 atom stereocenters. The molecule has 0 aliphatic heterocycles. The lowest BCUT2D eigenvalue weighted by Crippen LogP contribution is -2.38. The predicted molar refractivity (Wildman–Crippen MR) is 75.5 cm³/mol. The van der Waals surface area contributed by atoms with Gasteiger partial charge in [-0.3, -0.25) is 4.79 Å². The third kappa shape index (κ3) is 10.2. The average molecular weight is 302 g/mol. The van der Waals surface area contributed by atoms with Gasteiger partial charge in [0.2, 0.25) is 5.84 Å². The lowest BCUT2D eigenvalue weighted by Gasteiger charge is -2.19. The fraction of sp³-hybridized carbons (Fsp3) is 0.667. The van der Waals surface area contributed by atoms with Gasteiger partial charge in [-0.05, 0) is 27.7 Å². The highest BCUT2D eigenvalue weighted by Gasteiger charge is 2.16. The molecule has 0 aliphatic carbocycles. The molecule has 0 spiro atoms. The van der Waals surface area contributed by atoms with Gasteiger partial charge in [0.25, 0.3) is 0 Å². The molecule has 0 aromatic rings. The van der Waals surface area contributed by atoms with Gasteiger partial charge in [-0.25, -0.2) is 9.59 Å². The van der Waals surface area contributed by atoms with Gasteiger partial charge in [-0.2, -0.15) is 5.10 Å². The second-order valence-electron chi connectivity index (χ2n) is 4.95. The van der Waals surface area contributed by atoms with Crippen LogP contribution in [0, 0.1) is 0 Å². The maximum Gasteiger partial charge on any atom is 0.408 e. The summed E-state index contributed by atoms with van der Waals surface area (Å²) in [4.78, 5) is 33.8. The summed E-state index contributed by atoms with van der Waals surface area (Å²) in [5.74, 6) is -1.52. The van der Waals surface area contributed by atoms with Crippen molar-refractivity contribution in [3.8, 4) is 0 Å². The topological polar surface area (TPSA) is 132 Å². The molecular formula is C12H22N4O5. The maximum atomic E-state index is 11.4. The zero-order chi connectivity index (χ0) is 16.5. The van der Waals surface area contributed by atoms with E-state index in [2.05, 4.69) is 20.6 Å². The van der Waals surface area contributed by atoms with E-state index in [1.165, 1.54) is 0 Å². The Morgan fingerprint density at radius 1 is 1.19 bits per heavy atom. The minimum atomic E-state index is -0.774. The zero-order valence-electron chi connectivity index (χ0n) is 12.7. The van der Waals surface area contributed by atoms with E-state index < -0.39 is 17.7 Å². The monoisotopic (exact) mass is 302 g/mol. The van der Waals surface area contributed by atoms with Crippen molar-refractivity contribution in [2.24, 2.45) is 10.8 Å². The molecule has 1 amide bonds. The van der Waals surface area contributed by atoms with Crippen molar-refractivity contribution >= 4 is 23.7 Å². The van der Waals surface area contributed by atoms with Crippen LogP contribution in [-0.4, -0.2) is 49.0 Å². The highest BCUT2D eigenvalue weighted by Crippen LogP contribution is 2.05. The number of hydrogen-bond acceptors (Lipinski definition) is 7. The van der Waals surface area contributed by atoms with E-state index in [9.17, 15) is 14.4 Å². The largest absolute Gasteiger partial charge is 0.460 e. The molecule has 0 saturated carbocycles. The van der Waals surface area contributed by atoms with Gasteiger partial charge in [0.15, 0.2) is 5.78 Å². The molecule has 4 N–H and O–H groups in total. The summed E-state index contributed by atoms with van der Waals surface area (Å²) in [6.07, 6.45) is -0.689. The number of nitrogens with zero attached hydrogens (tertiary/aromatic N) is 1. The van der Waals surface area contributed by atoms with E-state index in [-0.39, 0.29) is 31.3 Å². The second kappa shape index (κ2) is 8.77. The number of ketones is 1. The first-order valence-electron chi connectivity index (χ1n) is 6.37. The van der Waals surface area contributed by atoms with Crippen LogP contribution in [-0.2, 0) is 19.1 Å². The molecule has 0 aliphatic rings. The molecule has 0 aromatic heterocycles. The van der Waals surface area contributed by atoms with E-state index in [1.54, 1.807) is 27.7 Å². The number of carbonyl (C=O) groups excluding carboxylic acids is 3. The Morgan fingerprint density at radius 3 is 2.33 bits per heavy atom. The quantitative estimate of drug-likeness (QED) is 0.261. The van der Waals surface area contributed by atoms with Crippen molar-refractivity contribution in [2.45, 2.75) is 33.3 Å². The number of amides is 1. The first-order valence-corrected chi connectivity index (χ1v) is 6.37. The Hall–Kier alpha value is -2.32. The number of alkyl carbamates (subject to hydrolysis) is 1. The molecule has 0 unspecified atom stereocenters. The van der Waals surface area contributed by atoms with E-state index >= 15 is 0 Å². The normalized spacial score (nSPS) is 11.5. The minimum Gasteiger partial charge on any atom is -0.460 e. The number of nitrogens with two attached hydrogens (primary N) is 1. The molecule has 120 valence electrons. The van der Waals surface area contributed by atoms with Gasteiger partial charge < -0.3 is 25.9 Å². The van der Waals surface area contributed by atoms with Crippen LogP contribution in [0.3, 0.4) is 0 Å². The van der Waals surface area contributed by atoms with Crippen LogP contribution in [0.2, 0.25) is 0 Å². The van der Waals surface area contributed by atoms with Gasteiger partial charge in [-0.15, -0.1) is 0 Å². The highest BCUT2D eigenvalue weighted by atomic mass is 16.6. The molecule has 0 fully saturated rings. The van der Waals surface area contributed by atoms with Crippen LogP contribution in [0.1, 0.15) is 27.7 Å². The van der Waals surface area contributed by atoms with Crippen molar-refractivity contribution in [1.82, 2.24) is 10.7 Å². The molecule has 0 rings (SSSR count). The van der Waals surface area contributed by atoms with Crippen molar-refractivity contribution < 1.29 is 23.9 Å². The number of hydrogen-bond donors (Lipinski definition) is 3. The van der Waals surface area contributed by atoms with Crippen LogP contribution in [0.25, 0.3) is 0 Å². The predicted octanol–water partition coefficient (Wildman–Crippen LogP) is -0.495. The molecule has 9 nitrogen and oxygen atoms in total. The molecule has 0 bridgehead atoms. The van der Waals surface area contributed by atoms with Gasteiger partial charge in [-0.1, -0.05) is 0 Å². The third-order valence-electron chi connectivity index (χ3n) is 1.79. The number of hydrazone groups is 1. The Labute approximate surface area is 123 Å². The first-order chi connectivity index (χ1) is 9.65. The van der Waals surface area contributed by atoms with Crippen molar-refractivity contribution in [2.75, 3.05) is 19.7 Å². The van der Waals surface area contributed by atoms with Gasteiger partial charge in [0.1, 0.15) is 5.60 Å². The van der Waals surface area contributed by atoms with Crippen molar-refractivity contribution in [3.63, 3.8) is 0 Å². The summed E-state index contributed by atoms with van der Waals surface area (Å²) in [6.45, 7) is 6.51. The lowest BCUT2D eigenvalue weighted by molar-refractivity contribution is -0.135. The van der Waals surface area contributed by atoms with Crippen LogP contribution in [0.4, 0.5) is 4.79 Å². The van der Waals surface area contributed by atoms with Gasteiger partial charge in [0.05, 0.1) is 19.7 Å².